The molecule has 0 amide bonds. The molecule has 0 spiro atoms. The summed E-state index contributed by atoms with van der Waals surface area (Å²) in [5.41, 5.74) is 1.33. The first-order chi connectivity index (χ1) is 9.15. The highest BCUT2D eigenvalue weighted by Gasteiger charge is 2.15. The van der Waals surface area contributed by atoms with Gasteiger partial charge in [0.15, 0.2) is 0 Å². The summed E-state index contributed by atoms with van der Waals surface area (Å²) in [6.07, 6.45) is -1.92. The summed E-state index contributed by atoms with van der Waals surface area (Å²) in [5, 5.41) is 0. The van der Waals surface area contributed by atoms with E-state index in [2.05, 4.69) is 0 Å². The molecular formula is C15H12F2O2. The number of benzene rings is 2. The third-order valence-corrected chi connectivity index (χ3v) is 2.83. The Kier molecular flexibility index (Phi) is 3.90. The number of carbonyl (C=O) groups is 1. The third kappa shape index (κ3) is 2.78. The zero-order valence-electron chi connectivity index (χ0n) is 10.3. The molecule has 0 aliphatic heterocycles. The van der Waals surface area contributed by atoms with Crippen LogP contribution in [0.3, 0.4) is 0 Å². The number of methoxy groups -OCH3 is 1. The van der Waals surface area contributed by atoms with Gasteiger partial charge in [0.25, 0.3) is 6.43 Å². The molecule has 4 heteroatoms. The number of halogens is 2. The molecule has 2 nitrogen and oxygen atoms in total. The summed E-state index contributed by atoms with van der Waals surface area (Å²) in [6, 6.07) is 11.1. The van der Waals surface area contributed by atoms with Crippen molar-refractivity contribution in [3.63, 3.8) is 0 Å². The minimum absolute atomic E-state index is 0.109. The van der Waals surface area contributed by atoms with Gasteiger partial charge < -0.3 is 4.74 Å². The van der Waals surface area contributed by atoms with Gasteiger partial charge in [-0.25, -0.2) is 8.78 Å². The number of aldehydes is 1. The van der Waals surface area contributed by atoms with E-state index in [-0.39, 0.29) is 5.56 Å². The molecule has 0 saturated heterocycles. The molecule has 98 valence electrons. The molecule has 0 radical (unpaired) electrons. The van der Waals surface area contributed by atoms with E-state index in [0.29, 0.717) is 28.7 Å². The standard InChI is InChI=1S/C15H12F2O2/c1-19-12-5-6-13(14(8-12)15(16)17)11-4-2-3-10(7-11)9-18/h2-9,15H,1H3. The van der Waals surface area contributed by atoms with E-state index < -0.39 is 6.43 Å². The van der Waals surface area contributed by atoms with Crippen LogP contribution in [0.25, 0.3) is 11.1 Å². The third-order valence-electron chi connectivity index (χ3n) is 2.83. The van der Waals surface area contributed by atoms with Crippen molar-refractivity contribution in [3.05, 3.63) is 53.6 Å². The molecule has 0 aliphatic carbocycles. The van der Waals surface area contributed by atoms with Crippen LogP contribution in [0.2, 0.25) is 0 Å². The SMILES string of the molecule is COc1ccc(-c2cccc(C=O)c2)c(C(F)F)c1. The number of alkyl halides is 2. The van der Waals surface area contributed by atoms with Gasteiger partial charge in [0, 0.05) is 11.1 Å². The van der Waals surface area contributed by atoms with Crippen molar-refractivity contribution >= 4 is 6.29 Å². The number of ether oxygens (including phenoxy) is 1. The second-order valence-corrected chi connectivity index (χ2v) is 4.00. The Morgan fingerprint density at radius 3 is 2.58 bits per heavy atom. The van der Waals surface area contributed by atoms with Gasteiger partial charge >= 0.3 is 0 Å². The van der Waals surface area contributed by atoms with E-state index in [1.807, 2.05) is 0 Å². The van der Waals surface area contributed by atoms with Crippen LogP contribution in [0.5, 0.6) is 5.75 Å². The molecule has 0 aromatic heterocycles. The fourth-order valence-electron chi connectivity index (χ4n) is 1.89. The zero-order chi connectivity index (χ0) is 13.8. The molecule has 0 bridgehead atoms. The molecule has 2 aromatic rings. The fraction of sp³-hybridized carbons (Fsp3) is 0.133. The maximum Gasteiger partial charge on any atom is 0.264 e. The number of hydrogen-bond acceptors (Lipinski definition) is 2. The minimum Gasteiger partial charge on any atom is -0.497 e. The molecule has 2 rings (SSSR count). The van der Waals surface area contributed by atoms with Crippen LogP contribution >= 0.6 is 0 Å². The Hall–Kier alpha value is -2.23. The molecule has 0 fully saturated rings. The molecule has 2 aromatic carbocycles. The quantitative estimate of drug-likeness (QED) is 0.775. The van der Waals surface area contributed by atoms with Gasteiger partial charge in [-0.15, -0.1) is 0 Å². The second-order valence-electron chi connectivity index (χ2n) is 4.00. The van der Waals surface area contributed by atoms with Gasteiger partial charge in [0.2, 0.25) is 0 Å². The molecule has 0 atom stereocenters. The maximum atomic E-state index is 13.1. The van der Waals surface area contributed by atoms with E-state index in [4.69, 9.17) is 4.74 Å². The van der Waals surface area contributed by atoms with Crippen LogP contribution in [0.1, 0.15) is 22.3 Å². The largest absolute Gasteiger partial charge is 0.497 e. The predicted octanol–water partition coefficient (Wildman–Crippen LogP) is 4.11. The Labute approximate surface area is 109 Å². The van der Waals surface area contributed by atoms with Crippen molar-refractivity contribution in [1.29, 1.82) is 0 Å². The van der Waals surface area contributed by atoms with Gasteiger partial charge in [-0.05, 0) is 29.3 Å². The van der Waals surface area contributed by atoms with Crippen LogP contribution in [-0.2, 0) is 0 Å². The Morgan fingerprint density at radius 2 is 1.95 bits per heavy atom. The van der Waals surface area contributed by atoms with Crippen molar-refractivity contribution in [2.45, 2.75) is 6.43 Å². The van der Waals surface area contributed by atoms with Crippen LogP contribution in [0.4, 0.5) is 8.78 Å². The molecule has 0 saturated carbocycles. The average molecular weight is 262 g/mol. The highest BCUT2D eigenvalue weighted by molar-refractivity contribution is 5.79. The first-order valence-corrected chi connectivity index (χ1v) is 5.67. The summed E-state index contributed by atoms with van der Waals surface area (Å²) in [5.74, 6) is 0.380. The molecule has 0 N–H and O–H groups in total. The predicted molar refractivity (Wildman–Crippen MR) is 68.8 cm³/mol. The van der Waals surface area contributed by atoms with Crippen molar-refractivity contribution in [2.75, 3.05) is 7.11 Å². The zero-order valence-corrected chi connectivity index (χ0v) is 10.3. The number of carbonyl (C=O) groups excluding carboxylic acids is 1. The van der Waals surface area contributed by atoms with Crippen molar-refractivity contribution < 1.29 is 18.3 Å². The fourth-order valence-corrected chi connectivity index (χ4v) is 1.89. The second kappa shape index (κ2) is 5.61. The van der Waals surface area contributed by atoms with E-state index in [1.165, 1.54) is 13.2 Å². The summed E-state index contributed by atoms with van der Waals surface area (Å²) < 4.78 is 31.1. The molecule has 0 unspecified atom stereocenters. The van der Waals surface area contributed by atoms with Gasteiger partial charge in [-0.1, -0.05) is 24.3 Å². The van der Waals surface area contributed by atoms with Gasteiger partial charge in [-0.2, -0.15) is 0 Å². The molecule has 0 aliphatic rings. The lowest BCUT2D eigenvalue weighted by atomic mass is 9.98. The lowest BCUT2D eigenvalue weighted by Crippen LogP contribution is -1.93. The van der Waals surface area contributed by atoms with Crippen LogP contribution < -0.4 is 4.74 Å². The lowest BCUT2D eigenvalue weighted by Gasteiger charge is -2.11. The first kappa shape index (κ1) is 13.2. The van der Waals surface area contributed by atoms with Crippen molar-refractivity contribution in [3.8, 4) is 16.9 Å². The summed E-state index contributed by atoms with van der Waals surface area (Å²) in [7, 11) is 1.43. The Bertz CT molecular complexity index is 594. The number of hydrogen-bond donors (Lipinski definition) is 0. The van der Waals surface area contributed by atoms with Crippen LogP contribution in [0, 0.1) is 0 Å². The minimum atomic E-state index is -2.61. The molecule has 19 heavy (non-hydrogen) atoms. The Morgan fingerprint density at radius 1 is 1.16 bits per heavy atom. The average Bonchev–Trinajstić information content (AvgIpc) is 2.46. The van der Waals surface area contributed by atoms with Crippen molar-refractivity contribution in [1.82, 2.24) is 0 Å². The normalized spacial score (nSPS) is 10.5. The Balaban J connectivity index is 2.57. The highest BCUT2D eigenvalue weighted by atomic mass is 19.3. The van der Waals surface area contributed by atoms with E-state index in [1.54, 1.807) is 36.4 Å². The molecular weight excluding hydrogens is 250 g/mol. The summed E-state index contributed by atoms with van der Waals surface area (Å²) in [6.45, 7) is 0. The summed E-state index contributed by atoms with van der Waals surface area (Å²) >= 11 is 0. The lowest BCUT2D eigenvalue weighted by molar-refractivity contribution is 0.112. The van der Waals surface area contributed by atoms with E-state index in [0.717, 1.165) is 0 Å². The maximum absolute atomic E-state index is 13.1. The number of rotatable bonds is 4. The van der Waals surface area contributed by atoms with E-state index >= 15 is 0 Å². The van der Waals surface area contributed by atoms with Gasteiger partial charge in [0.05, 0.1) is 7.11 Å². The van der Waals surface area contributed by atoms with Crippen molar-refractivity contribution in [2.24, 2.45) is 0 Å². The topological polar surface area (TPSA) is 26.3 Å². The first-order valence-electron chi connectivity index (χ1n) is 5.67. The smallest absolute Gasteiger partial charge is 0.264 e. The molecule has 0 heterocycles. The van der Waals surface area contributed by atoms with Crippen LogP contribution in [0.15, 0.2) is 42.5 Å². The summed E-state index contributed by atoms with van der Waals surface area (Å²) in [4.78, 5) is 10.7. The van der Waals surface area contributed by atoms with E-state index in [9.17, 15) is 13.6 Å². The van der Waals surface area contributed by atoms with Crippen LogP contribution in [-0.4, -0.2) is 13.4 Å². The van der Waals surface area contributed by atoms with Gasteiger partial charge in [-0.3, -0.25) is 4.79 Å². The van der Waals surface area contributed by atoms with Gasteiger partial charge in [0.1, 0.15) is 12.0 Å². The highest BCUT2D eigenvalue weighted by Crippen LogP contribution is 2.34. The monoisotopic (exact) mass is 262 g/mol.